The maximum absolute atomic E-state index is 12.0. The molecule has 0 unspecified atom stereocenters. The highest BCUT2D eigenvalue weighted by molar-refractivity contribution is 7.90. The van der Waals surface area contributed by atoms with Crippen LogP contribution in [0.2, 0.25) is 0 Å². The van der Waals surface area contributed by atoms with Crippen LogP contribution in [0.25, 0.3) is 11.6 Å². The molecule has 0 atom stereocenters. The molecular weight excluding hydrogens is 386 g/mol. The second-order valence-electron chi connectivity index (χ2n) is 5.66. The number of aliphatic carboxylic acids is 1. The van der Waals surface area contributed by atoms with Crippen LogP contribution in [0.1, 0.15) is 18.1 Å². The predicted octanol–water partition coefficient (Wildman–Crippen LogP) is 2.15. The van der Waals surface area contributed by atoms with Gasteiger partial charge in [0, 0.05) is 6.92 Å². The number of hydrogen-bond donors (Lipinski definition) is 2. The molecule has 0 aliphatic rings. The van der Waals surface area contributed by atoms with Gasteiger partial charge in [-0.3, -0.25) is 4.79 Å². The zero-order valence-electron chi connectivity index (χ0n) is 15.4. The van der Waals surface area contributed by atoms with Gasteiger partial charge in [0.2, 0.25) is 5.91 Å². The van der Waals surface area contributed by atoms with E-state index in [9.17, 15) is 23.1 Å². The van der Waals surface area contributed by atoms with Gasteiger partial charge < -0.3 is 14.6 Å². The van der Waals surface area contributed by atoms with Gasteiger partial charge in [-0.1, -0.05) is 18.2 Å². The van der Waals surface area contributed by atoms with Gasteiger partial charge in [0.15, 0.2) is 11.5 Å². The minimum Gasteiger partial charge on any atom is -0.493 e. The highest BCUT2D eigenvalue weighted by atomic mass is 32.2. The molecule has 0 fully saturated rings. The fourth-order valence-corrected chi connectivity index (χ4v) is 3.43. The first-order valence-electron chi connectivity index (χ1n) is 7.98. The molecule has 2 aromatic rings. The lowest BCUT2D eigenvalue weighted by molar-refractivity contribution is -0.130. The number of sulfonamides is 1. The minimum absolute atomic E-state index is 0.0457. The Morgan fingerprint density at radius 3 is 2.11 bits per heavy atom. The Labute approximate surface area is 162 Å². The predicted molar refractivity (Wildman–Crippen MR) is 102 cm³/mol. The number of nitrogens with one attached hydrogen (secondary N) is 1. The Morgan fingerprint density at radius 2 is 1.61 bits per heavy atom. The van der Waals surface area contributed by atoms with Crippen molar-refractivity contribution >= 4 is 33.5 Å². The van der Waals surface area contributed by atoms with E-state index in [1.165, 1.54) is 44.6 Å². The van der Waals surface area contributed by atoms with E-state index in [4.69, 9.17) is 9.47 Å². The SMILES string of the molecule is COc1ccc(/C=C(/C(=O)O)c2ccc(S(=O)(=O)NC(C)=O)cc2)cc1OC. The van der Waals surface area contributed by atoms with Crippen molar-refractivity contribution in [1.82, 2.24) is 4.72 Å². The number of carbonyl (C=O) groups is 2. The molecule has 8 nitrogen and oxygen atoms in total. The summed E-state index contributed by atoms with van der Waals surface area (Å²) in [4.78, 5) is 22.6. The summed E-state index contributed by atoms with van der Waals surface area (Å²) in [5.74, 6) is -0.960. The van der Waals surface area contributed by atoms with Crippen LogP contribution in [0, 0.1) is 0 Å². The minimum atomic E-state index is -3.99. The Bertz CT molecular complexity index is 1020. The van der Waals surface area contributed by atoms with Gasteiger partial charge in [-0.25, -0.2) is 17.9 Å². The van der Waals surface area contributed by atoms with Crippen LogP contribution in [-0.2, 0) is 19.6 Å². The summed E-state index contributed by atoms with van der Waals surface area (Å²) >= 11 is 0. The Balaban J connectivity index is 2.43. The fraction of sp³-hybridized carbons (Fsp3) is 0.158. The monoisotopic (exact) mass is 405 g/mol. The molecule has 0 saturated heterocycles. The van der Waals surface area contributed by atoms with Crippen molar-refractivity contribution in [3.05, 3.63) is 53.6 Å². The molecule has 2 N–H and O–H groups in total. The van der Waals surface area contributed by atoms with Crippen LogP contribution in [0.15, 0.2) is 47.4 Å². The van der Waals surface area contributed by atoms with Gasteiger partial charge in [-0.15, -0.1) is 0 Å². The van der Waals surface area contributed by atoms with E-state index >= 15 is 0 Å². The molecule has 0 saturated carbocycles. The van der Waals surface area contributed by atoms with Crippen molar-refractivity contribution in [2.24, 2.45) is 0 Å². The van der Waals surface area contributed by atoms with Crippen molar-refractivity contribution in [2.45, 2.75) is 11.8 Å². The molecular formula is C19H19NO7S. The van der Waals surface area contributed by atoms with Gasteiger partial charge >= 0.3 is 5.97 Å². The van der Waals surface area contributed by atoms with Gasteiger partial charge in [0.1, 0.15) is 0 Å². The summed E-state index contributed by atoms with van der Waals surface area (Å²) in [5, 5.41) is 9.56. The van der Waals surface area contributed by atoms with Gasteiger partial charge in [0.25, 0.3) is 10.0 Å². The molecule has 148 valence electrons. The van der Waals surface area contributed by atoms with Crippen LogP contribution in [0.5, 0.6) is 11.5 Å². The summed E-state index contributed by atoms with van der Waals surface area (Å²) < 4.78 is 36.2. The van der Waals surface area contributed by atoms with Crippen LogP contribution >= 0.6 is 0 Å². The van der Waals surface area contributed by atoms with Gasteiger partial charge in [0.05, 0.1) is 24.7 Å². The van der Waals surface area contributed by atoms with Crippen molar-refractivity contribution < 1.29 is 32.6 Å². The molecule has 1 amide bonds. The van der Waals surface area contributed by atoms with Crippen molar-refractivity contribution in [3.63, 3.8) is 0 Å². The van der Waals surface area contributed by atoms with Crippen molar-refractivity contribution in [1.29, 1.82) is 0 Å². The number of ether oxygens (including phenoxy) is 2. The number of carboxylic acid groups (broad SMARTS) is 1. The number of amides is 1. The summed E-state index contributed by atoms with van der Waals surface area (Å²) in [6, 6.07) is 10.1. The van der Waals surface area contributed by atoms with Crippen LogP contribution in [0.3, 0.4) is 0 Å². The number of hydrogen-bond acceptors (Lipinski definition) is 6. The fourth-order valence-electron chi connectivity index (χ4n) is 2.44. The van der Waals surface area contributed by atoms with Gasteiger partial charge in [-0.05, 0) is 41.5 Å². The molecule has 9 heteroatoms. The number of methoxy groups -OCH3 is 2. The Hall–Kier alpha value is -3.33. The first-order valence-corrected chi connectivity index (χ1v) is 9.47. The zero-order chi connectivity index (χ0) is 20.9. The number of benzene rings is 2. The summed E-state index contributed by atoms with van der Waals surface area (Å²) in [6.07, 6.45) is 1.43. The molecule has 0 spiro atoms. The third kappa shape index (κ3) is 4.89. The van der Waals surface area contributed by atoms with E-state index in [2.05, 4.69) is 0 Å². The Morgan fingerprint density at radius 1 is 1.00 bits per heavy atom. The smallest absolute Gasteiger partial charge is 0.336 e. The Kier molecular flexibility index (Phi) is 6.42. The lowest BCUT2D eigenvalue weighted by atomic mass is 10.0. The van der Waals surface area contributed by atoms with Crippen molar-refractivity contribution in [2.75, 3.05) is 14.2 Å². The molecule has 0 aliphatic carbocycles. The topological polar surface area (TPSA) is 119 Å². The average Bonchev–Trinajstić information content (AvgIpc) is 2.64. The molecule has 2 rings (SSSR count). The van der Waals surface area contributed by atoms with E-state index in [1.807, 2.05) is 4.72 Å². The van der Waals surface area contributed by atoms with Crippen LogP contribution in [-0.4, -0.2) is 39.6 Å². The highest BCUT2D eigenvalue weighted by Crippen LogP contribution is 2.29. The molecule has 0 bridgehead atoms. The van der Waals surface area contributed by atoms with Crippen molar-refractivity contribution in [3.8, 4) is 11.5 Å². The molecule has 0 heterocycles. The standard InChI is InChI=1S/C19H19NO7S/c1-12(21)20-28(24,25)15-7-5-14(6-8-15)16(19(22)23)10-13-4-9-17(26-2)18(11-13)27-3/h4-11H,1-3H3,(H,20,21)(H,22,23)/b16-10+. The molecule has 28 heavy (non-hydrogen) atoms. The maximum Gasteiger partial charge on any atom is 0.336 e. The summed E-state index contributed by atoms with van der Waals surface area (Å²) in [6.45, 7) is 1.08. The quantitative estimate of drug-likeness (QED) is 0.535. The number of rotatable bonds is 7. The number of carbonyl (C=O) groups excluding carboxylic acids is 1. The molecule has 0 aliphatic heterocycles. The second-order valence-corrected chi connectivity index (χ2v) is 7.35. The van der Waals surface area contributed by atoms with E-state index in [-0.39, 0.29) is 10.5 Å². The maximum atomic E-state index is 12.0. The first-order chi connectivity index (χ1) is 13.2. The van der Waals surface area contributed by atoms with E-state index in [0.717, 1.165) is 6.92 Å². The number of carboxylic acids is 1. The summed E-state index contributed by atoms with van der Waals surface area (Å²) in [7, 11) is -1.03. The van der Waals surface area contributed by atoms with E-state index in [1.54, 1.807) is 18.2 Å². The summed E-state index contributed by atoms with van der Waals surface area (Å²) in [5.41, 5.74) is 0.810. The normalized spacial score (nSPS) is 11.6. The zero-order valence-corrected chi connectivity index (χ0v) is 16.2. The highest BCUT2D eigenvalue weighted by Gasteiger charge is 2.17. The third-order valence-electron chi connectivity index (χ3n) is 3.70. The van der Waals surface area contributed by atoms with Gasteiger partial charge in [-0.2, -0.15) is 0 Å². The van der Waals surface area contributed by atoms with E-state index in [0.29, 0.717) is 22.6 Å². The van der Waals surface area contributed by atoms with E-state index < -0.39 is 21.9 Å². The lowest BCUT2D eigenvalue weighted by Crippen LogP contribution is -2.28. The van der Waals surface area contributed by atoms with Crippen LogP contribution in [0.4, 0.5) is 0 Å². The molecule has 0 aromatic heterocycles. The second kappa shape index (κ2) is 8.57. The largest absolute Gasteiger partial charge is 0.493 e. The average molecular weight is 405 g/mol. The third-order valence-corrected chi connectivity index (χ3v) is 5.15. The molecule has 0 radical (unpaired) electrons. The first kappa shape index (κ1) is 21.0. The molecule has 2 aromatic carbocycles. The lowest BCUT2D eigenvalue weighted by Gasteiger charge is -2.09. The van der Waals surface area contributed by atoms with Crippen LogP contribution < -0.4 is 14.2 Å².